The van der Waals surface area contributed by atoms with Crippen molar-refractivity contribution in [3.05, 3.63) is 33.8 Å². The summed E-state index contributed by atoms with van der Waals surface area (Å²) >= 11 is 3.38. The van der Waals surface area contributed by atoms with Crippen LogP contribution in [0.3, 0.4) is 0 Å². The van der Waals surface area contributed by atoms with Crippen LogP contribution < -0.4 is 11.2 Å². The molecule has 1 aromatic carbocycles. The highest BCUT2D eigenvalue weighted by Crippen LogP contribution is 2.16. The largest absolute Gasteiger partial charge is 0.350 e. The summed E-state index contributed by atoms with van der Waals surface area (Å²) in [7, 11) is 0. The highest BCUT2D eigenvalue weighted by atomic mass is 79.9. The predicted octanol–water partition coefficient (Wildman–Crippen LogP) is 1.76. The molecule has 1 rings (SSSR count). The molecule has 0 aliphatic rings. The normalized spacial score (nSPS) is 10.4. The van der Waals surface area contributed by atoms with E-state index in [1.54, 1.807) is 0 Å². The van der Waals surface area contributed by atoms with Gasteiger partial charge in [0.15, 0.2) is 0 Å². The Bertz CT molecular complexity index is 376. The molecule has 0 spiro atoms. The molecule has 0 fully saturated rings. The number of carbonyl (C=O) groups excluding carboxylic acids is 1. The fourth-order valence-corrected chi connectivity index (χ4v) is 1.50. The van der Waals surface area contributed by atoms with E-state index >= 15 is 0 Å². The molecule has 14 heavy (non-hydrogen) atoms. The summed E-state index contributed by atoms with van der Waals surface area (Å²) < 4.78 is 0.924. The standard InChI is InChI=1S/C9H10BrN3O/c1-6-2-3-7(8(10)4-6)5-12-13-9(11)14/h2-5H,1H3,(H3,11,13,14)/b12-5+. The van der Waals surface area contributed by atoms with Crippen LogP contribution in [0.4, 0.5) is 4.79 Å². The number of carbonyl (C=O) groups is 1. The summed E-state index contributed by atoms with van der Waals surface area (Å²) in [4.78, 5) is 10.3. The Labute approximate surface area is 90.3 Å². The molecule has 0 bridgehead atoms. The Morgan fingerprint density at radius 2 is 2.36 bits per heavy atom. The van der Waals surface area contributed by atoms with Gasteiger partial charge in [0, 0.05) is 10.0 Å². The van der Waals surface area contributed by atoms with E-state index in [-0.39, 0.29) is 0 Å². The van der Waals surface area contributed by atoms with E-state index < -0.39 is 6.03 Å². The molecule has 0 aliphatic carbocycles. The molecule has 0 radical (unpaired) electrons. The average molecular weight is 256 g/mol. The van der Waals surface area contributed by atoms with Crippen molar-refractivity contribution in [2.45, 2.75) is 6.92 Å². The minimum absolute atomic E-state index is 0.676. The van der Waals surface area contributed by atoms with Crippen molar-refractivity contribution in [3.8, 4) is 0 Å². The number of nitrogens with zero attached hydrogens (tertiary/aromatic N) is 1. The third-order valence-electron chi connectivity index (χ3n) is 1.53. The predicted molar refractivity (Wildman–Crippen MR) is 59.2 cm³/mol. The first-order valence-corrected chi connectivity index (χ1v) is 4.73. The van der Waals surface area contributed by atoms with E-state index in [1.807, 2.05) is 25.1 Å². The number of rotatable bonds is 2. The van der Waals surface area contributed by atoms with Crippen molar-refractivity contribution in [1.82, 2.24) is 5.43 Å². The Morgan fingerprint density at radius 1 is 1.64 bits per heavy atom. The topological polar surface area (TPSA) is 67.5 Å². The van der Waals surface area contributed by atoms with Crippen LogP contribution >= 0.6 is 15.9 Å². The summed E-state index contributed by atoms with van der Waals surface area (Å²) in [5.74, 6) is 0. The van der Waals surface area contributed by atoms with Gasteiger partial charge in [0.25, 0.3) is 0 Å². The number of urea groups is 1. The Balaban J connectivity index is 2.76. The minimum Gasteiger partial charge on any atom is -0.350 e. The zero-order chi connectivity index (χ0) is 10.6. The number of nitrogens with one attached hydrogen (secondary N) is 1. The summed E-state index contributed by atoms with van der Waals surface area (Å²) in [5, 5.41) is 3.65. The number of hydrogen-bond acceptors (Lipinski definition) is 2. The lowest BCUT2D eigenvalue weighted by Gasteiger charge is -1.99. The lowest BCUT2D eigenvalue weighted by molar-refractivity contribution is 0.249. The van der Waals surface area contributed by atoms with Crippen molar-refractivity contribution in [2.75, 3.05) is 0 Å². The first-order chi connectivity index (χ1) is 6.59. The maximum Gasteiger partial charge on any atom is 0.332 e. The Morgan fingerprint density at radius 3 is 2.93 bits per heavy atom. The van der Waals surface area contributed by atoms with Gasteiger partial charge in [-0.05, 0) is 18.6 Å². The molecule has 0 aliphatic heterocycles. The fourth-order valence-electron chi connectivity index (χ4n) is 0.902. The Kier molecular flexibility index (Phi) is 3.64. The van der Waals surface area contributed by atoms with Crippen LogP contribution in [0.15, 0.2) is 27.8 Å². The van der Waals surface area contributed by atoms with Crippen LogP contribution in [0.5, 0.6) is 0 Å². The second-order valence-electron chi connectivity index (χ2n) is 2.76. The summed E-state index contributed by atoms with van der Waals surface area (Å²) in [6, 6.07) is 5.14. The maximum absolute atomic E-state index is 10.3. The molecule has 0 aromatic heterocycles. The molecule has 2 amide bonds. The van der Waals surface area contributed by atoms with Crippen LogP contribution in [0.2, 0.25) is 0 Å². The number of halogens is 1. The van der Waals surface area contributed by atoms with Gasteiger partial charge >= 0.3 is 6.03 Å². The highest BCUT2D eigenvalue weighted by Gasteiger charge is 1.96. The van der Waals surface area contributed by atoms with Gasteiger partial charge in [-0.3, -0.25) is 0 Å². The van der Waals surface area contributed by atoms with Gasteiger partial charge in [-0.15, -0.1) is 0 Å². The summed E-state index contributed by atoms with van der Waals surface area (Å²) in [6.07, 6.45) is 1.52. The maximum atomic E-state index is 10.3. The summed E-state index contributed by atoms with van der Waals surface area (Å²) in [5.41, 5.74) is 9.00. The molecule has 0 unspecified atom stereocenters. The Hall–Kier alpha value is -1.36. The van der Waals surface area contributed by atoms with E-state index in [2.05, 4.69) is 26.5 Å². The van der Waals surface area contributed by atoms with Crippen LogP contribution in [0.25, 0.3) is 0 Å². The second-order valence-corrected chi connectivity index (χ2v) is 3.61. The van der Waals surface area contributed by atoms with E-state index in [9.17, 15) is 4.79 Å². The molecule has 5 heteroatoms. The third-order valence-corrected chi connectivity index (χ3v) is 2.22. The highest BCUT2D eigenvalue weighted by molar-refractivity contribution is 9.10. The molecule has 74 valence electrons. The van der Waals surface area contributed by atoms with Gasteiger partial charge in [-0.1, -0.05) is 28.1 Å². The second kappa shape index (κ2) is 4.76. The monoisotopic (exact) mass is 255 g/mol. The van der Waals surface area contributed by atoms with Crippen LogP contribution in [0.1, 0.15) is 11.1 Å². The lowest BCUT2D eigenvalue weighted by atomic mass is 10.2. The lowest BCUT2D eigenvalue weighted by Crippen LogP contribution is -2.24. The van der Waals surface area contributed by atoms with Crippen LogP contribution in [-0.4, -0.2) is 12.2 Å². The van der Waals surface area contributed by atoms with E-state index in [0.29, 0.717) is 0 Å². The zero-order valence-corrected chi connectivity index (χ0v) is 9.21. The number of benzene rings is 1. The van der Waals surface area contributed by atoms with Crippen LogP contribution in [-0.2, 0) is 0 Å². The number of aryl methyl sites for hydroxylation is 1. The molecule has 1 aromatic rings. The van der Waals surface area contributed by atoms with Crippen LogP contribution in [0, 0.1) is 6.92 Å². The zero-order valence-electron chi connectivity index (χ0n) is 7.62. The van der Waals surface area contributed by atoms with Crippen molar-refractivity contribution >= 4 is 28.2 Å². The third kappa shape index (κ3) is 3.18. The minimum atomic E-state index is -0.676. The molecular weight excluding hydrogens is 246 g/mol. The van der Waals surface area contributed by atoms with Gasteiger partial charge in [0.2, 0.25) is 0 Å². The van der Waals surface area contributed by atoms with Crippen molar-refractivity contribution < 1.29 is 4.79 Å². The van der Waals surface area contributed by atoms with Gasteiger partial charge in [-0.25, -0.2) is 10.2 Å². The number of amides is 2. The van der Waals surface area contributed by atoms with Gasteiger partial charge < -0.3 is 5.73 Å². The first-order valence-electron chi connectivity index (χ1n) is 3.94. The first kappa shape index (κ1) is 10.7. The number of hydrogen-bond donors (Lipinski definition) is 2. The van der Waals surface area contributed by atoms with E-state index in [0.717, 1.165) is 15.6 Å². The van der Waals surface area contributed by atoms with Crippen molar-refractivity contribution in [1.29, 1.82) is 0 Å². The van der Waals surface area contributed by atoms with Gasteiger partial charge in [0.05, 0.1) is 6.21 Å². The molecule has 0 saturated carbocycles. The van der Waals surface area contributed by atoms with Gasteiger partial charge in [-0.2, -0.15) is 5.10 Å². The molecule has 0 saturated heterocycles. The summed E-state index contributed by atoms with van der Waals surface area (Å²) in [6.45, 7) is 1.99. The molecular formula is C9H10BrN3O. The van der Waals surface area contributed by atoms with Crippen molar-refractivity contribution in [2.24, 2.45) is 10.8 Å². The van der Waals surface area contributed by atoms with Crippen molar-refractivity contribution in [3.63, 3.8) is 0 Å². The molecule has 0 atom stereocenters. The fraction of sp³-hybridized carbons (Fsp3) is 0.111. The number of hydrazone groups is 1. The number of primary amides is 1. The molecule has 0 heterocycles. The quantitative estimate of drug-likeness (QED) is 0.614. The van der Waals surface area contributed by atoms with E-state index in [4.69, 9.17) is 5.73 Å². The van der Waals surface area contributed by atoms with Gasteiger partial charge in [0.1, 0.15) is 0 Å². The molecule has 3 N–H and O–H groups in total. The van der Waals surface area contributed by atoms with E-state index in [1.165, 1.54) is 6.21 Å². The number of nitrogens with two attached hydrogens (primary N) is 1. The smallest absolute Gasteiger partial charge is 0.332 e. The SMILES string of the molecule is Cc1ccc(/C=N/NC(N)=O)c(Br)c1. The average Bonchev–Trinajstić information content (AvgIpc) is 2.08. The molecule has 4 nitrogen and oxygen atoms in total.